The number of allylic oxidation sites excluding steroid dienone is 1. The van der Waals surface area contributed by atoms with Gasteiger partial charge in [0.05, 0.1) is 11.2 Å². The number of carbonyl (C=O) groups is 1. The minimum Gasteiger partial charge on any atom is -0.408 e. The zero-order valence-electron chi connectivity index (χ0n) is 12.0. The van der Waals surface area contributed by atoms with E-state index in [2.05, 4.69) is 15.3 Å². The number of aromatic nitrogens is 2. The van der Waals surface area contributed by atoms with E-state index in [-0.39, 0.29) is 5.91 Å². The maximum atomic E-state index is 11.7. The summed E-state index contributed by atoms with van der Waals surface area (Å²) in [6.45, 7) is 3.71. The molecular formula is C15H13N3O3S. The molecule has 112 valence electrons. The Labute approximate surface area is 129 Å². The lowest BCUT2D eigenvalue weighted by molar-refractivity contribution is -0.111. The summed E-state index contributed by atoms with van der Waals surface area (Å²) in [5.74, 6) is -0.687. The SMILES string of the molecule is CC(C)=CC(=O)Nc1nc(-c2ccc3[nH]c(=O)oc3c2)cs1. The summed E-state index contributed by atoms with van der Waals surface area (Å²) in [5.41, 5.74) is 3.56. The molecule has 3 rings (SSSR count). The van der Waals surface area contributed by atoms with Crippen LogP contribution in [0.3, 0.4) is 0 Å². The number of nitrogens with one attached hydrogen (secondary N) is 2. The zero-order valence-corrected chi connectivity index (χ0v) is 12.8. The molecule has 2 N–H and O–H groups in total. The summed E-state index contributed by atoms with van der Waals surface area (Å²) < 4.78 is 5.03. The van der Waals surface area contributed by atoms with E-state index in [1.165, 1.54) is 17.4 Å². The average molecular weight is 315 g/mol. The van der Waals surface area contributed by atoms with Crippen LogP contribution in [0.15, 0.2) is 44.4 Å². The number of oxazole rings is 1. The van der Waals surface area contributed by atoms with Crippen molar-refractivity contribution >= 4 is 33.5 Å². The first-order chi connectivity index (χ1) is 10.5. The molecule has 2 heterocycles. The quantitative estimate of drug-likeness (QED) is 0.727. The van der Waals surface area contributed by atoms with Crippen molar-refractivity contribution in [1.82, 2.24) is 9.97 Å². The van der Waals surface area contributed by atoms with E-state index in [1.54, 1.807) is 12.1 Å². The summed E-state index contributed by atoms with van der Waals surface area (Å²) in [4.78, 5) is 29.8. The second-order valence-corrected chi connectivity index (χ2v) is 5.83. The number of hydrogen-bond donors (Lipinski definition) is 2. The molecule has 2 aromatic heterocycles. The molecule has 0 aliphatic rings. The Kier molecular flexibility index (Phi) is 3.64. The van der Waals surface area contributed by atoms with Crippen molar-refractivity contribution in [3.05, 3.63) is 45.8 Å². The van der Waals surface area contributed by atoms with Gasteiger partial charge in [0, 0.05) is 17.0 Å². The first kappa shape index (κ1) is 14.3. The Morgan fingerprint density at radius 1 is 1.41 bits per heavy atom. The van der Waals surface area contributed by atoms with Crippen molar-refractivity contribution in [1.29, 1.82) is 0 Å². The van der Waals surface area contributed by atoms with E-state index in [0.29, 0.717) is 21.9 Å². The van der Waals surface area contributed by atoms with Gasteiger partial charge in [-0.05, 0) is 26.0 Å². The van der Waals surface area contributed by atoms with Crippen LogP contribution in [-0.4, -0.2) is 15.9 Å². The molecule has 0 saturated carbocycles. The molecule has 0 spiro atoms. The van der Waals surface area contributed by atoms with Gasteiger partial charge in [0.25, 0.3) is 0 Å². The van der Waals surface area contributed by atoms with Crippen LogP contribution in [0.25, 0.3) is 22.4 Å². The van der Waals surface area contributed by atoms with E-state index in [9.17, 15) is 9.59 Å². The second-order valence-electron chi connectivity index (χ2n) is 4.97. The predicted octanol–water partition coefficient (Wildman–Crippen LogP) is 3.15. The van der Waals surface area contributed by atoms with E-state index in [1.807, 2.05) is 25.3 Å². The number of H-pyrrole nitrogens is 1. The molecule has 1 aromatic carbocycles. The normalized spacial score (nSPS) is 10.6. The highest BCUT2D eigenvalue weighted by Crippen LogP contribution is 2.27. The molecule has 0 radical (unpaired) electrons. The maximum Gasteiger partial charge on any atom is 0.417 e. The third-order valence-corrected chi connectivity index (χ3v) is 3.63. The Morgan fingerprint density at radius 2 is 2.23 bits per heavy atom. The highest BCUT2D eigenvalue weighted by atomic mass is 32.1. The van der Waals surface area contributed by atoms with Crippen molar-refractivity contribution in [3.63, 3.8) is 0 Å². The summed E-state index contributed by atoms with van der Waals surface area (Å²) in [6.07, 6.45) is 1.52. The van der Waals surface area contributed by atoms with E-state index in [4.69, 9.17) is 4.42 Å². The number of benzene rings is 1. The highest BCUT2D eigenvalue weighted by molar-refractivity contribution is 7.14. The molecule has 0 atom stereocenters. The number of nitrogens with zero attached hydrogens (tertiary/aromatic N) is 1. The minimum absolute atomic E-state index is 0.201. The van der Waals surface area contributed by atoms with E-state index in [0.717, 1.165) is 11.1 Å². The van der Waals surface area contributed by atoms with Crippen LogP contribution in [0.1, 0.15) is 13.8 Å². The molecule has 0 saturated heterocycles. The minimum atomic E-state index is -0.486. The fourth-order valence-corrected chi connectivity index (χ4v) is 2.69. The van der Waals surface area contributed by atoms with Crippen molar-refractivity contribution in [3.8, 4) is 11.3 Å². The smallest absolute Gasteiger partial charge is 0.408 e. The fraction of sp³-hybridized carbons (Fsp3) is 0.133. The lowest BCUT2D eigenvalue weighted by Crippen LogP contribution is -2.07. The summed E-state index contributed by atoms with van der Waals surface area (Å²) in [5, 5.41) is 5.08. The lowest BCUT2D eigenvalue weighted by atomic mass is 10.1. The fourth-order valence-electron chi connectivity index (χ4n) is 1.97. The number of anilines is 1. The van der Waals surface area contributed by atoms with Crippen LogP contribution in [0.4, 0.5) is 5.13 Å². The molecule has 1 amide bonds. The number of carbonyl (C=O) groups excluding carboxylic acids is 1. The molecule has 0 fully saturated rings. The van der Waals surface area contributed by atoms with Crippen molar-refractivity contribution in [2.45, 2.75) is 13.8 Å². The number of rotatable bonds is 3. The Bertz CT molecular complexity index is 929. The standard InChI is InChI=1S/C15H13N3O3S/c1-8(2)5-13(19)18-14-16-11(7-22-14)9-3-4-10-12(6-9)21-15(20)17-10/h3-7H,1-2H3,(H,17,20)(H,16,18,19). The van der Waals surface area contributed by atoms with Crippen LogP contribution < -0.4 is 11.1 Å². The van der Waals surface area contributed by atoms with Crippen molar-refractivity contribution in [2.75, 3.05) is 5.32 Å². The first-order valence-corrected chi connectivity index (χ1v) is 7.44. The van der Waals surface area contributed by atoms with Gasteiger partial charge in [-0.15, -0.1) is 11.3 Å². The van der Waals surface area contributed by atoms with Gasteiger partial charge >= 0.3 is 5.76 Å². The summed E-state index contributed by atoms with van der Waals surface area (Å²) in [6, 6.07) is 5.34. The van der Waals surface area contributed by atoms with Gasteiger partial charge in [0.2, 0.25) is 5.91 Å². The first-order valence-electron chi connectivity index (χ1n) is 6.56. The third-order valence-electron chi connectivity index (χ3n) is 2.87. The summed E-state index contributed by atoms with van der Waals surface area (Å²) >= 11 is 1.34. The van der Waals surface area contributed by atoms with Crippen LogP contribution in [0, 0.1) is 0 Å². The summed E-state index contributed by atoms with van der Waals surface area (Å²) in [7, 11) is 0. The topological polar surface area (TPSA) is 88.0 Å². The van der Waals surface area contributed by atoms with E-state index < -0.39 is 5.76 Å². The van der Waals surface area contributed by atoms with Gasteiger partial charge < -0.3 is 4.42 Å². The number of fused-ring (bicyclic) bond motifs is 1. The monoisotopic (exact) mass is 315 g/mol. The average Bonchev–Trinajstić information content (AvgIpc) is 3.01. The Morgan fingerprint density at radius 3 is 3.00 bits per heavy atom. The molecule has 0 aliphatic carbocycles. The largest absolute Gasteiger partial charge is 0.417 e. The third kappa shape index (κ3) is 2.99. The van der Waals surface area contributed by atoms with Crippen molar-refractivity contribution in [2.24, 2.45) is 0 Å². The maximum absolute atomic E-state index is 11.7. The Balaban J connectivity index is 1.87. The van der Waals surface area contributed by atoms with Crippen LogP contribution in [-0.2, 0) is 4.79 Å². The van der Waals surface area contributed by atoms with Gasteiger partial charge in [-0.1, -0.05) is 11.6 Å². The molecule has 7 heteroatoms. The molecule has 0 bridgehead atoms. The van der Waals surface area contributed by atoms with Crippen molar-refractivity contribution < 1.29 is 9.21 Å². The molecule has 6 nitrogen and oxygen atoms in total. The molecule has 3 aromatic rings. The molecule has 22 heavy (non-hydrogen) atoms. The zero-order chi connectivity index (χ0) is 15.7. The number of thiazole rings is 1. The lowest BCUT2D eigenvalue weighted by Gasteiger charge is -1.97. The predicted molar refractivity (Wildman–Crippen MR) is 86.0 cm³/mol. The van der Waals surface area contributed by atoms with Gasteiger partial charge in [-0.3, -0.25) is 15.1 Å². The van der Waals surface area contributed by atoms with Gasteiger partial charge in [-0.25, -0.2) is 9.78 Å². The highest BCUT2D eigenvalue weighted by Gasteiger charge is 2.09. The second kappa shape index (κ2) is 5.61. The molecule has 0 aliphatic heterocycles. The Hall–Kier alpha value is -2.67. The molecular weight excluding hydrogens is 302 g/mol. The van der Waals surface area contributed by atoms with Crippen LogP contribution in [0.5, 0.6) is 0 Å². The number of amides is 1. The number of hydrogen-bond acceptors (Lipinski definition) is 5. The van der Waals surface area contributed by atoms with Gasteiger partial charge in [-0.2, -0.15) is 0 Å². The van der Waals surface area contributed by atoms with Crippen LogP contribution in [0.2, 0.25) is 0 Å². The number of aromatic amines is 1. The van der Waals surface area contributed by atoms with Gasteiger partial charge in [0.1, 0.15) is 0 Å². The molecule has 0 unspecified atom stereocenters. The van der Waals surface area contributed by atoms with Gasteiger partial charge in [0.15, 0.2) is 10.7 Å². The van der Waals surface area contributed by atoms with Crippen LogP contribution >= 0.6 is 11.3 Å². The van der Waals surface area contributed by atoms with E-state index >= 15 is 0 Å².